The lowest BCUT2D eigenvalue weighted by Gasteiger charge is -2.22. The highest BCUT2D eigenvalue weighted by atomic mass is 32.2. The lowest BCUT2D eigenvalue weighted by Crippen LogP contribution is -2.30. The summed E-state index contributed by atoms with van der Waals surface area (Å²) in [6, 6.07) is 6.24. The maximum atomic E-state index is 7.54. The number of benzene rings is 1. The van der Waals surface area contributed by atoms with Crippen molar-refractivity contribution < 1.29 is 0 Å². The maximum Gasteiger partial charge on any atom is 0.166 e. The Balaban J connectivity index is 1.89. The molecule has 1 aromatic carbocycles. The van der Waals surface area contributed by atoms with E-state index in [2.05, 4.69) is 29.0 Å². The van der Waals surface area contributed by atoms with E-state index in [-0.39, 0.29) is 11.3 Å². The van der Waals surface area contributed by atoms with E-state index in [1.807, 2.05) is 19.9 Å². The number of imidazole rings is 1. The van der Waals surface area contributed by atoms with Crippen molar-refractivity contribution in [2.75, 3.05) is 5.75 Å². The van der Waals surface area contributed by atoms with Crippen molar-refractivity contribution in [1.29, 1.82) is 5.41 Å². The first-order chi connectivity index (χ1) is 9.38. The molecule has 4 nitrogen and oxygen atoms in total. The van der Waals surface area contributed by atoms with Gasteiger partial charge in [-0.15, -0.1) is 0 Å². The third-order valence-electron chi connectivity index (χ3n) is 3.53. The third kappa shape index (κ3) is 3.54. The van der Waals surface area contributed by atoms with Crippen molar-refractivity contribution in [3.8, 4) is 0 Å². The van der Waals surface area contributed by atoms with E-state index in [0.717, 1.165) is 34.8 Å². The third-order valence-corrected chi connectivity index (χ3v) is 4.49. The molecule has 20 heavy (non-hydrogen) atoms. The molecule has 0 unspecified atom stereocenters. The summed E-state index contributed by atoms with van der Waals surface area (Å²) in [5.41, 5.74) is 8.73. The Morgan fingerprint density at radius 3 is 2.90 bits per heavy atom. The van der Waals surface area contributed by atoms with E-state index in [1.54, 1.807) is 11.8 Å². The molecule has 0 aliphatic carbocycles. The van der Waals surface area contributed by atoms with Gasteiger partial charge in [0, 0.05) is 11.2 Å². The van der Waals surface area contributed by atoms with Crippen molar-refractivity contribution in [2.45, 2.75) is 38.8 Å². The van der Waals surface area contributed by atoms with Crippen LogP contribution in [-0.2, 0) is 0 Å². The van der Waals surface area contributed by atoms with Crippen LogP contribution < -0.4 is 5.73 Å². The monoisotopic (exact) mass is 290 g/mol. The number of nitrogens with zero attached hydrogens (tertiary/aromatic N) is 1. The van der Waals surface area contributed by atoms with Crippen molar-refractivity contribution in [3.63, 3.8) is 0 Å². The molecule has 0 amide bonds. The van der Waals surface area contributed by atoms with E-state index in [1.165, 1.54) is 5.56 Å². The van der Waals surface area contributed by atoms with E-state index in [9.17, 15) is 0 Å². The number of aryl methyl sites for hydroxylation is 1. The van der Waals surface area contributed by atoms with Gasteiger partial charge in [-0.05, 0) is 37.5 Å². The van der Waals surface area contributed by atoms with E-state index in [0.29, 0.717) is 0 Å². The molecule has 2 rings (SSSR count). The van der Waals surface area contributed by atoms with Crippen LogP contribution in [0.3, 0.4) is 0 Å². The van der Waals surface area contributed by atoms with Gasteiger partial charge in [0.05, 0.1) is 16.9 Å². The van der Waals surface area contributed by atoms with Gasteiger partial charge in [0.1, 0.15) is 0 Å². The van der Waals surface area contributed by atoms with Crippen LogP contribution in [0.25, 0.3) is 11.0 Å². The van der Waals surface area contributed by atoms with Crippen LogP contribution in [0.15, 0.2) is 23.4 Å². The van der Waals surface area contributed by atoms with Crippen LogP contribution >= 0.6 is 11.8 Å². The Kier molecular flexibility index (Phi) is 4.38. The molecular formula is C15H22N4S. The van der Waals surface area contributed by atoms with Crippen LogP contribution in [-0.4, -0.2) is 21.6 Å². The largest absolute Gasteiger partial charge is 0.387 e. The smallest absolute Gasteiger partial charge is 0.166 e. The molecule has 0 aliphatic rings. The molecular weight excluding hydrogens is 268 g/mol. The maximum absolute atomic E-state index is 7.54. The minimum absolute atomic E-state index is 0.203. The van der Waals surface area contributed by atoms with Gasteiger partial charge in [-0.1, -0.05) is 31.7 Å². The number of aromatic amines is 1. The summed E-state index contributed by atoms with van der Waals surface area (Å²) < 4.78 is 0. The van der Waals surface area contributed by atoms with Crippen LogP contribution in [0.4, 0.5) is 0 Å². The SMILES string of the molecule is Cc1ccc2nc(SCCCC(C)(C)C(=N)N)[nH]c2c1. The van der Waals surface area contributed by atoms with Gasteiger partial charge in [0.25, 0.3) is 0 Å². The number of thioether (sulfide) groups is 1. The van der Waals surface area contributed by atoms with Gasteiger partial charge in [0.2, 0.25) is 0 Å². The number of hydrogen-bond acceptors (Lipinski definition) is 3. The lowest BCUT2D eigenvalue weighted by atomic mass is 9.87. The Morgan fingerprint density at radius 2 is 2.20 bits per heavy atom. The first-order valence-corrected chi connectivity index (χ1v) is 7.81. The minimum Gasteiger partial charge on any atom is -0.387 e. The highest BCUT2D eigenvalue weighted by Gasteiger charge is 2.20. The summed E-state index contributed by atoms with van der Waals surface area (Å²) >= 11 is 1.73. The molecule has 4 N–H and O–H groups in total. The van der Waals surface area contributed by atoms with E-state index >= 15 is 0 Å². The number of fused-ring (bicyclic) bond motifs is 1. The summed E-state index contributed by atoms with van der Waals surface area (Å²) in [6.45, 7) is 6.12. The number of hydrogen-bond donors (Lipinski definition) is 3. The Labute approximate surface area is 124 Å². The lowest BCUT2D eigenvalue weighted by molar-refractivity contribution is 0.464. The predicted octanol–water partition coefficient (Wildman–Crippen LogP) is 3.71. The highest BCUT2D eigenvalue weighted by molar-refractivity contribution is 7.99. The van der Waals surface area contributed by atoms with Crippen molar-refractivity contribution in [2.24, 2.45) is 11.1 Å². The van der Waals surface area contributed by atoms with Crippen molar-refractivity contribution in [1.82, 2.24) is 9.97 Å². The number of rotatable bonds is 6. The Hall–Kier alpha value is -1.49. The molecule has 108 valence electrons. The van der Waals surface area contributed by atoms with Crippen LogP contribution in [0.1, 0.15) is 32.3 Å². The van der Waals surface area contributed by atoms with Crippen molar-refractivity contribution >= 4 is 28.6 Å². The molecule has 0 saturated heterocycles. The Morgan fingerprint density at radius 1 is 1.45 bits per heavy atom. The van der Waals surface area contributed by atoms with Gasteiger partial charge >= 0.3 is 0 Å². The fourth-order valence-corrected chi connectivity index (χ4v) is 2.81. The number of amidine groups is 1. The molecule has 0 atom stereocenters. The average molecular weight is 290 g/mol. The first-order valence-electron chi connectivity index (χ1n) is 6.82. The summed E-state index contributed by atoms with van der Waals surface area (Å²) in [4.78, 5) is 7.91. The van der Waals surface area contributed by atoms with Crippen molar-refractivity contribution in [3.05, 3.63) is 23.8 Å². The van der Waals surface area contributed by atoms with E-state index in [4.69, 9.17) is 11.1 Å². The average Bonchev–Trinajstić information content (AvgIpc) is 2.76. The molecule has 0 aliphatic heterocycles. The molecule has 0 saturated carbocycles. The molecule has 2 aromatic rings. The molecule has 0 spiro atoms. The summed E-state index contributed by atoms with van der Waals surface area (Å²) in [5.74, 6) is 1.25. The van der Waals surface area contributed by atoms with Gasteiger partial charge in [-0.25, -0.2) is 4.98 Å². The van der Waals surface area contributed by atoms with Gasteiger partial charge in [-0.2, -0.15) is 0 Å². The highest BCUT2D eigenvalue weighted by Crippen LogP contribution is 2.25. The number of nitrogens with two attached hydrogens (primary N) is 1. The second kappa shape index (κ2) is 5.87. The number of nitrogens with one attached hydrogen (secondary N) is 2. The summed E-state index contributed by atoms with van der Waals surface area (Å²) in [7, 11) is 0. The van der Waals surface area contributed by atoms with Crippen LogP contribution in [0, 0.1) is 17.7 Å². The molecule has 0 bridgehead atoms. The molecule has 5 heteroatoms. The second-order valence-electron chi connectivity index (χ2n) is 5.81. The second-order valence-corrected chi connectivity index (χ2v) is 6.90. The van der Waals surface area contributed by atoms with Crippen LogP contribution in [0.2, 0.25) is 0 Å². The zero-order valence-corrected chi connectivity index (χ0v) is 13.1. The number of aromatic nitrogens is 2. The molecule has 1 heterocycles. The first kappa shape index (κ1) is 14.9. The topological polar surface area (TPSA) is 78.6 Å². The quantitative estimate of drug-likeness (QED) is 0.328. The predicted molar refractivity (Wildman–Crippen MR) is 86.5 cm³/mol. The molecule has 0 radical (unpaired) electrons. The fraction of sp³-hybridized carbons (Fsp3) is 0.467. The molecule has 0 fully saturated rings. The van der Waals surface area contributed by atoms with E-state index < -0.39 is 0 Å². The summed E-state index contributed by atoms with van der Waals surface area (Å²) in [6.07, 6.45) is 1.95. The Bertz CT molecular complexity index is 615. The summed E-state index contributed by atoms with van der Waals surface area (Å²) in [5, 5.41) is 8.51. The normalized spacial score (nSPS) is 11.9. The fourth-order valence-electron chi connectivity index (χ4n) is 1.99. The van der Waals surface area contributed by atoms with Gasteiger partial charge in [-0.3, -0.25) is 5.41 Å². The van der Waals surface area contributed by atoms with Crippen LogP contribution in [0.5, 0.6) is 0 Å². The standard InChI is InChI=1S/C15H22N4S/c1-10-5-6-11-12(9-10)19-14(18-11)20-8-4-7-15(2,3)13(16)17/h5-6,9H,4,7-8H2,1-3H3,(H3,16,17)(H,18,19). The zero-order valence-electron chi connectivity index (χ0n) is 12.3. The van der Waals surface area contributed by atoms with Gasteiger partial charge < -0.3 is 10.7 Å². The zero-order chi connectivity index (χ0) is 14.8. The minimum atomic E-state index is -0.203. The number of H-pyrrole nitrogens is 1. The molecule has 1 aromatic heterocycles. The van der Waals surface area contributed by atoms with Gasteiger partial charge in [0.15, 0.2) is 5.16 Å².